The number of thiazole rings is 1. The summed E-state index contributed by atoms with van der Waals surface area (Å²) < 4.78 is 7.48. The molecule has 0 amide bonds. The van der Waals surface area contributed by atoms with Crippen molar-refractivity contribution in [2.45, 2.75) is 38.8 Å². The number of imidazole rings is 1. The smallest absolute Gasteiger partial charge is 0.237 e. The van der Waals surface area contributed by atoms with E-state index in [0.717, 1.165) is 29.0 Å². The number of ether oxygens (including phenoxy) is 1. The minimum atomic E-state index is 0.647. The Morgan fingerprint density at radius 2 is 2.44 bits per heavy atom. The average molecular weight is 265 g/mol. The number of aromatic nitrogens is 2. The molecule has 0 saturated heterocycles. The highest BCUT2D eigenvalue weighted by Crippen LogP contribution is 2.26. The van der Waals surface area contributed by atoms with Gasteiger partial charge in [-0.2, -0.15) is 4.98 Å². The largest absolute Gasteiger partial charge is 0.480 e. The standard InChI is InChI=1S/C13H19N3OS/c1-9-3-4-10(7-9)14-8-11-12(17-2)15-13-16(11)5-6-18-13/h5-6,9-10,14H,3-4,7-8H2,1-2H3. The lowest BCUT2D eigenvalue weighted by atomic mass is 10.1. The van der Waals surface area contributed by atoms with E-state index in [2.05, 4.69) is 33.2 Å². The van der Waals surface area contributed by atoms with Crippen LogP contribution >= 0.6 is 11.3 Å². The van der Waals surface area contributed by atoms with Gasteiger partial charge in [0, 0.05) is 24.2 Å². The topological polar surface area (TPSA) is 38.6 Å². The molecule has 4 nitrogen and oxygen atoms in total. The van der Waals surface area contributed by atoms with Crippen LogP contribution in [0.2, 0.25) is 0 Å². The highest BCUT2D eigenvalue weighted by atomic mass is 32.1. The maximum atomic E-state index is 5.36. The second-order valence-corrected chi connectivity index (χ2v) is 5.99. The van der Waals surface area contributed by atoms with E-state index in [4.69, 9.17) is 4.74 Å². The first-order valence-electron chi connectivity index (χ1n) is 6.49. The number of hydrogen-bond acceptors (Lipinski definition) is 4. The van der Waals surface area contributed by atoms with Gasteiger partial charge in [-0.1, -0.05) is 6.92 Å². The molecule has 2 aromatic rings. The summed E-state index contributed by atoms with van der Waals surface area (Å²) in [4.78, 5) is 5.47. The highest BCUT2D eigenvalue weighted by molar-refractivity contribution is 7.15. The first kappa shape index (κ1) is 12.0. The Kier molecular flexibility index (Phi) is 3.26. The summed E-state index contributed by atoms with van der Waals surface area (Å²) in [5, 5.41) is 5.69. The Bertz CT molecular complexity index is 533. The van der Waals surface area contributed by atoms with Gasteiger partial charge in [-0.3, -0.25) is 4.40 Å². The molecule has 3 rings (SSSR count). The van der Waals surface area contributed by atoms with Gasteiger partial charge < -0.3 is 10.1 Å². The van der Waals surface area contributed by atoms with Crippen molar-refractivity contribution in [1.82, 2.24) is 14.7 Å². The maximum absolute atomic E-state index is 5.36. The van der Waals surface area contributed by atoms with E-state index in [-0.39, 0.29) is 0 Å². The fraction of sp³-hybridized carbons (Fsp3) is 0.615. The molecule has 0 radical (unpaired) electrons. The predicted octanol–water partition coefficient (Wildman–Crippen LogP) is 2.68. The van der Waals surface area contributed by atoms with Crippen molar-refractivity contribution >= 4 is 16.3 Å². The zero-order chi connectivity index (χ0) is 12.5. The number of nitrogens with zero attached hydrogens (tertiary/aromatic N) is 2. The van der Waals surface area contributed by atoms with Crippen molar-refractivity contribution in [2.75, 3.05) is 7.11 Å². The summed E-state index contributed by atoms with van der Waals surface area (Å²) in [6.45, 7) is 3.16. The summed E-state index contributed by atoms with van der Waals surface area (Å²) in [6.07, 6.45) is 5.97. The van der Waals surface area contributed by atoms with Gasteiger partial charge in [-0.25, -0.2) is 0 Å². The van der Waals surface area contributed by atoms with Crippen molar-refractivity contribution in [1.29, 1.82) is 0 Å². The molecule has 0 aliphatic heterocycles. The first-order chi connectivity index (χ1) is 8.78. The van der Waals surface area contributed by atoms with Gasteiger partial charge in [-0.05, 0) is 25.2 Å². The van der Waals surface area contributed by atoms with Crippen LogP contribution in [0.5, 0.6) is 5.88 Å². The van der Waals surface area contributed by atoms with Gasteiger partial charge in [0.05, 0.1) is 7.11 Å². The highest BCUT2D eigenvalue weighted by Gasteiger charge is 2.22. The van der Waals surface area contributed by atoms with Gasteiger partial charge in [0.2, 0.25) is 5.88 Å². The van der Waals surface area contributed by atoms with Crippen LogP contribution in [0.25, 0.3) is 4.96 Å². The summed E-state index contributed by atoms with van der Waals surface area (Å²) in [6, 6.07) is 0.647. The second-order valence-electron chi connectivity index (χ2n) is 5.12. The molecule has 1 saturated carbocycles. The lowest BCUT2D eigenvalue weighted by molar-refractivity contribution is 0.389. The Morgan fingerprint density at radius 3 is 3.17 bits per heavy atom. The lowest BCUT2D eigenvalue weighted by Gasteiger charge is -2.12. The van der Waals surface area contributed by atoms with Gasteiger partial charge in [0.15, 0.2) is 4.96 Å². The normalized spacial score (nSPS) is 23.9. The number of hydrogen-bond donors (Lipinski definition) is 1. The van der Waals surface area contributed by atoms with Crippen LogP contribution in [0.15, 0.2) is 11.6 Å². The van der Waals surface area contributed by atoms with Crippen molar-refractivity contribution in [2.24, 2.45) is 5.92 Å². The summed E-state index contributed by atoms with van der Waals surface area (Å²) in [5.74, 6) is 1.61. The Balaban J connectivity index is 1.74. The van der Waals surface area contributed by atoms with E-state index >= 15 is 0 Å². The predicted molar refractivity (Wildman–Crippen MR) is 73.3 cm³/mol. The third kappa shape index (κ3) is 2.12. The summed E-state index contributed by atoms with van der Waals surface area (Å²) >= 11 is 1.64. The van der Waals surface area contributed by atoms with E-state index in [9.17, 15) is 0 Å². The van der Waals surface area contributed by atoms with E-state index in [1.807, 2.05) is 0 Å². The summed E-state index contributed by atoms with van der Waals surface area (Å²) in [5.41, 5.74) is 1.13. The van der Waals surface area contributed by atoms with Gasteiger partial charge >= 0.3 is 0 Å². The molecule has 5 heteroatoms. The van der Waals surface area contributed by atoms with Crippen molar-refractivity contribution in [3.8, 4) is 5.88 Å². The Labute approximate surface area is 111 Å². The van der Waals surface area contributed by atoms with Crippen LogP contribution < -0.4 is 10.1 Å². The van der Waals surface area contributed by atoms with Crippen molar-refractivity contribution in [3.05, 3.63) is 17.3 Å². The quantitative estimate of drug-likeness (QED) is 0.923. The van der Waals surface area contributed by atoms with Crippen LogP contribution in [-0.4, -0.2) is 22.5 Å². The molecule has 0 bridgehead atoms. The fourth-order valence-corrected chi connectivity index (χ4v) is 3.50. The maximum Gasteiger partial charge on any atom is 0.237 e. The molecule has 2 atom stereocenters. The minimum absolute atomic E-state index is 0.647. The van der Waals surface area contributed by atoms with Crippen molar-refractivity contribution in [3.63, 3.8) is 0 Å². The molecular weight excluding hydrogens is 246 g/mol. The molecule has 1 aliphatic rings. The molecule has 1 fully saturated rings. The SMILES string of the molecule is COc1nc2sccn2c1CNC1CCC(C)C1. The molecule has 0 aromatic carbocycles. The van der Waals surface area contributed by atoms with Crippen molar-refractivity contribution < 1.29 is 4.74 Å². The number of fused-ring (bicyclic) bond motifs is 1. The second kappa shape index (κ2) is 4.90. The van der Waals surface area contributed by atoms with E-state index < -0.39 is 0 Å². The molecule has 18 heavy (non-hydrogen) atoms. The van der Waals surface area contributed by atoms with Crippen LogP contribution in [0.1, 0.15) is 31.9 Å². The monoisotopic (exact) mass is 265 g/mol. The zero-order valence-electron chi connectivity index (χ0n) is 10.8. The average Bonchev–Trinajstić information content (AvgIpc) is 3.02. The van der Waals surface area contributed by atoms with E-state index in [1.165, 1.54) is 19.3 Å². The van der Waals surface area contributed by atoms with Crippen LogP contribution in [0.4, 0.5) is 0 Å². The molecule has 98 valence electrons. The van der Waals surface area contributed by atoms with Crippen LogP contribution in [0.3, 0.4) is 0 Å². The van der Waals surface area contributed by atoms with Gasteiger partial charge in [0.25, 0.3) is 0 Å². The molecular formula is C13H19N3OS. The Morgan fingerprint density at radius 1 is 1.56 bits per heavy atom. The fourth-order valence-electron chi connectivity index (χ4n) is 2.77. The molecule has 2 aromatic heterocycles. The molecule has 2 heterocycles. The van der Waals surface area contributed by atoms with E-state index in [1.54, 1.807) is 18.4 Å². The van der Waals surface area contributed by atoms with Crippen LogP contribution in [-0.2, 0) is 6.54 Å². The van der Waals surface area contributed by atoms with Gasteiger partial charge in [0.1, 0.15) is 5.69 Å². The number of rotatable bonds is 4. The molecule has 2 unspecified atom stereocenters. The molecule has 0 spiro atoms. The Hall–Kier alpha value is -1.07. The van der Waals surface area contributed by atoms with Gasteiger partial charge in [-0.15, -0.1) is 11.3 Å². The number of nitrogens with one attached hydrogen (secondary N) is 1. The third-order valence-corrected chi connectivity index (χ3v) is 4.53. The summed E-state index contributed by atoms with van der Waals surface area (Å²) in [7, 11) is 1.69. The van der Waals surface area contributed by atoms with Crippen LogP contribution in [0, 0.1) is 5.92 Å². The zero-order valence-corrected chi connectivity index (χ0v) is 11.7. The van der Waals surface area contributed by atoms with E-state index in [0.29, 0.717) is 6.04 Å². The first-order valence-corrected chi connectivity index (χ1v) is 7.37. The number of methoxy groups -OCH3 is 1. The third-order valence-electron chi connectivity index (χ3n) is 3.77. The lowest BCUT2D eigenvalue weighted by Crippen LogP contribution is -2.26. The molecule has 1 N–H and O–H groups in total. The molecule has 1 aliphatic carbocycles. The minimum Gasteiger partial charge on any atom is -0.480 e.